The van der Waals surface area contributed by atoms with Crippen LogP contribution in [0.5, 0.6) is 5.75 Å². The van der Waals surface area contributed by atoms with Crippen LogP contribution in [0.2, 0.25) is 0 Å². The zero-order valence-corrected chi connectivity index (χ0v) is 14.3. The van der Waals surface area contributed by atoms with E-state index >= 15 is 0 Å². The molecule has 2 atom stereocenters. The maximum Gasteiger partial charge on any atom is 0.339 e. The third-order valence-corrected chi connectivity index (χ3v) is 6.67. The van der Waals surface area contributed by atoms with Crippen molar-refractivity contribution < 1.29 is 9.15 Å². The smallest absolute Gasteiger partial charge is 0.339 e. The highest BCUT2D eigenvalue weighted by atomic mass is 16.5. The highest BCUT2D eigenvalue weighted by Gasteiger charge is 2.43. The molecule has 1 aromatic heterocycles. The van der Waals surface area contributed by atoms with Crippen LogP contribution in [0, 0.1) is 5.92 Å². The summed E-state index contributed by atoms with van der Waals surface area (Å²) in [4.78, 5) is 12.2. The molecular formula is C21H24O3. The lowest BCUT2D eigenvalue weighted by Gasteiger charge is -2.46. The molecule has 0 N–H and O–H groups in total. The molecule has 0 unspecified atom stereocenters. The van der Waals surface area contributed by atoms with Gasteiger partial charge in [-0.3, -0.25) is 0 Å². The van der Waals surface area contributed by atoms with E-state index in [4.69, 9.17) is 9.15 Å². The number of aryl methyl sites for hydroxylation is 2. The maximum absolute atomic E-state index is 12.2. The zero-order valence-electron chi connectivity index (χ0n) is 14.3. The molecule has 3 heteroatoms. The number of ether oxygens (including phenoxy) is 1. The minimum atomic E-state index is -0.147. The Labute approximate surface area is 142 Å². The molecule has 5 rings (SSSR count). The van der Waals surface area contributed by atoms with Crippen molar-refractivity contribution in [3.63, 3.8) is 0 Å². The number of rotatable bonds is 0. The molecule has 126 valence electrons. The van der Waals surface area contributed by atoms with Crippen molar-refractivity contribution in [1.82, 2.24) is 0 Å². The van der Waals surface area contributed by atoms with Crippen LogP contribution in [0.1, 0.15) is 62.1 Å². The lowest BCUT2D eigenvalue weighted by Crippen LogP contribution is -2.47. The van der Waals surface area contributed by atoms with E-state index in [1.807, 2.05) is 6.07 Å². The van der Waals surface area contributed by atoms with Crippen molar-refractivity contribution >= 4 is 11.0 Å². The summed E-state index contributed by atoms with van der Waals surface area (Å²) in [5.74, 6) is 1.55. The Kier molecular flexibility index (Phi) is 3.10. The Morgan fingerprint density at radius 2 is 1.92 bits per heavy atom. The summed E-state index contributed by atoms with van der Waals surface area (Å²) in [6.45, 7) is 2.33. The van der Waals surface area contributed by atoms with Gasteiger partial charge >= 0.3 is 5.63 Å². The topological polar surface area (TPSA) is 39.4 Å². The first-order chi connectivity index (χ1) is 11.7. The Balaban J connectivity index is 1.64. The minimum Gasteiger partial charge on any atom is -0.487 e. The first kappa shape index (κ1) is 14.6. The summed E-state index contributed by atoms with van der Waals surface area (Å²) in [5, 5.41) is 1.14. The maximum atomic E-state index is 12.2. The Hall–Kier alpha value is -1.77. The van der Waals surface area contributed by atoms with Crippen molar-refractivity contribution in [3.8, 4) is 5.75 Å². The molecular weight excluding hydrogens is 300 g/mol. The monoisotopic (exact) mass is 324 g/mol. The summed E-state index contributed by atoms with van der Waals surface area (Å²) in [6, 6.07) is 4.23. The van der Waals surface area contributed by atoms with E-state index in [2.05, 4.69) is 13.0 Å². The average Bonchev–Trinajstić information content (AvgIpc) is 3.07. The quantitative estimate of drug-likeness (QED) is 0.667. The normalized spacial score (nSPS) is 28.6. The molecule has 2 aromatic rings. The van der Waals surface area contributed by atoms with E-state index in [0.29, 0.717) is 11.5 Å². The number of hydrogen-bond donors (Lipinski definition) is 0. The summed E-state index contributed by atoms with van der Waals surface area (Å²) < 4.78 is 12.2. The van der Waals surface area contributed by atoms with Gasteiger partial charge in [-0.15, -0.1) is 0 Å². The molecule has 1 fully saturated rings. The second-order valence-electron chi connectivity index (χ2n) is 7.97. The molecule has 24 heavy (non-hydrogen) atoms. The third-order valence-electron chi connectivity index (χ3n) is 6.67. The molecule has 1 spiro atoms. The predicted molar refractivity (Wildman–Crippen MR) is 93.8 cm³/mol. The van der Waals surface area contributed by atoms with Gasteiger partial charge in [-0.2, -0.15) is 0 Å². The fraction of sp³-hybridized carbons (Fsp3) is 0.571. The lowest BCUT2D eigenvalue weighted by atomic mass is 9.72. The molecule has 0 saturated heterocycles. The van der Waals surface area contributed by atoms with Gasteiger partial charge in [0.1, 0.15) is 16.9 Å². The van der Waals surface area contributed by atoms with Crippen LogP contribution in [0.25, 0.3) is 11.0 Å². The number of benzene rings is 1. The van der Waals surface area contributed by atoms with Gasteiger partial charge in [0.05, 0.1) is 0 Å². The average molecular weight is 324 g/mol. The van der Waals surface area contributed by atoms with Gasteiger partial charge in [0.2, 0.25) is 0 Å². The highest BCUT2D eigenvalue weighted by molar-refractivity contribution is 5.84. The van der Waals surface area contributed by atoms with E-state index in [-0.39, 0.29) is 11.2 Å². The standard InChI is InChI=1S/C21H24O3/c1-13-5-2-3-9-21(13)10-8-14-11-17-15-6-4-7-16(15)20(22)23-19(17)12-18(14)24-21/h11-13H,2-10H2,1H3/t13-,21+/m0/s1. The van der Waals surface area contributed by atoms with Crippen molar-refractivity contribution in [2.24, 2.45) is 5.92 Å². The molecule has 1 saturated carbocycles. The third kappa shape index (κ3) is 2.00. The highest BCUT2D eigenvalue weighted by Crippen LogP contribution is 2.46. The molecule has 2 aliphatic carbocycles. The Morgan fingerprint density at radius 1 is 1.04 bits per heavy atom. The van der Waals surface area contributed by atoms with Crippen molar-refractivity contribution in [1.29, 1.82) is 0 Å². The van der Waals surface area contributed by atoms with Crippen LogP contribution in [-0.2, 0) is 19.3 Å². The summed E-state index contributed by atoms with van der Waals surface area (Å²) in [5.41, 5.74) is 3.96. The Bertz CT molecular complexity index is 879. The molecule has 0 amide bonds. The SMILES string of the molecule is C[C@H]1CCCC[C@@]12CCc1cc3c4c(c(=O)oc3cc1O2)CCC4. The summed E-state index contributed by atoms with van der Waals surface area (Å²) >= 11 is 0. The zero-order chi connectivity index (χ0) is 16.3. The van der Waals surface area contributed by atoms with E-state index in [1.54, 1.807) is 0 Å². The molecule has 3 nitrogen and oxygen atoms in total. The van der Waals surface area contributed by atoms with Gasteiger partial charge in [-0.05, 0) is 74.5 Å². The van der Waals surface area contributed by atoms with E-state index in [0.717, 1.165) is 55.2 Å². The molecule has 0 radical (unpaired) electrons. The second-order valence-corrected chi connectivity index (χ2v) is 7.97. The van der Waals surface area contributed by atoms with E-state index in [1.165, 1.54) is 30.4 Å². The van der Waals surface area contributed by atoms with Gasteiger partial charge in [-0.1, -0.05) is 13.3 Å². The Morgan fingerprint density at radius 3 is 2.79 bits per heavy atom. The van der Waals surface area contributed by atoms with Crippen molar-refractivity contribution in [2.45, 2.75) is 70.3 Å². The number of hydrogen-bond acceptors (Lipinski definition) is 3. The van der Waals surface area contributed by atoms with Crippen molar-refractivity contribution in [2.75, 3.05) is 0 Å². The van der Waals surface area contributed by atoms with Crippen LogP contribution in [0.15, 0.2) is 21.3 Å². The molecule has 3 aliphatic rings. The molecule has 1 aliphatic heterocycles. The molecule has 1 aromatic carbocycles. The van der Waals surface area contributed by atoms with Crippen LogP contribution in [0.4, 0.5) is 0 Å². The minimum absolute atomic E-state index is 0.00402. The number of fused-ring (bicyclic) bond motifs is 4. The van der Waals surface area contributed by atoms with Crippen LogP contribution < -0.4 is 10.4 Å². The van der Waals surface area contributed by atoms with E-state index < -0.39 is 0 Å². The van der Waals surface area contributed by atoms with Gasteiger partial charge in [0.15, 0.2) is 0 Å². The van der Waals surface area contributed by atoms with Crippen LogP contribution >= 0.6 is 0 Å². The van der Waals surface area contributed by atoms with Gasteiger partial charge < -0.3 is 9.15 Å². The second kappa shape index (κ2) is 5.11. The predicted octanol–water partition coefficient (Wildman–Crippen LogP) is 4.56. The summed E-state index contributed by atoms with van der Waals surface area (Å²) in [7, 11) is 0. The molecule has 2 heterocycles. The van der Waals surface area contributed by atoms with Gasteiger partial charge in [-0.25, -0.2) is 4.79 Å². The molecule has 0 bridgehead atoms. The first-order valence-electron chi connectivity index (χ1n) is 9.47. The summed E-state index contributed by atoms with van der Waals surface area (Å²) in [6.07, 6.45) is 10.1. The van der Waals surface area contributed by atoms with Crippen LogP contribution in [-0.4, -0.2) is 5.60 Å². The first-order valence-corrected chi connectivity index (χ1v) is 9.47. The largest absolute Gasteiger partial charge is 0.487 e. The van der Waals surface area contributed by atoms with Crippen LogP contribution in [0.3, 0.4) is 0 Å². The fourth-order valence-corrected chi connectivity index (χ4v) is 5.17. The lowest BCUT2D eigenvalue weighted by molar-refractivity contribution is -0.0331. The fourth-order valence-electron chi connectivity index (χ4n) is 5.17. The van der Waals surface area contributed by atoms with Gasteiger partial charge in [0, 0.05) is 17.0 Å². The van der Waals surface area contributed by atoms with Crippen molar-refractivity contribution in [3.05, 3.63) is 39.2 Å². The van der Waals surface area contributed by atoms with E-state index in [9.17, 15) is 4.79 Å². The van der Waals surface area contributed by atoms with Gasteiger partial charge in [0.25, 0.3) is 0 Å².